The van der Waals surface area contributed by atoms with Crippen molar-refractivity contribution in [3.05, 3.63) is 38.9 Å². The number of nitrogens with one attached hydrogen (secondary N) is 2. The Morgan fingerprint density at radius 2 is 2.36 bits per heavy atom. The first-order chi connectivity index (χ1) is 6.68. The minimum Gasteiger partial charge on any atom is -0.467 e. The predicted octanol–water partition coefficient (Wildman–Crippen LogP) is 1.18. The fourth-order valence-electron chi connectivity index (χ4n) is 1.19. The normalized spacial score (nSPS) is 10.6. The van der Waals surface area contributed by atoms with E-state index in [9.17, 15) is 4.79 Å². The molecule has 0 aromatic carbocycles. The Hall–Kier alpha value is -1.56. The van der Waals surface area contributed by atoms with E-state index in [-0.39, 0.29) is 5.69 Å². The van der Waals surface area contributed by atoms with Gasteiger partial charge in [-0.1, -0.05) is 0 Å². The number of nitrogens with zero attached hydrogens (tertiary/aromatic N) is 1. The Morgan fingerprint density at radius 1 is 1.57 bits per heavy atom. The number of aromatic nitrogens is 3. The van der Waals surface area contributed by atoms with Crippen LogP contribution in [0.15, 0.2) is 21.5 Å². The van der Waals surface area contributed by atoms with Gasteiger partial charge in [0.2, 0.25) is 0 Å². The Balaban J connectivity index is 2.41. The third-order valence-electron chi connectivity index (χ3n) is 2.04. The van der Waals surface area contributed by atoms with E-state index in [1.807, 2.05) is 13.0 Å². The summed E-state index contributed by atoms with van der Waals surface area (Å²) in [7, 11) is 0. The maximum atomic E-state index is 11.2. The van der Waals surface area contributed by atoms with Gasteiger partial charge < -0.3 is 4.42 Å². The van der Waals surface area contributed by atoms with Gasteiger partial charge in [-0.05, 0) is 30.8 Å². The van der Waals surface area contributed by atoms with Crippen LogP contribution in [0, 0.1) is 11.7 Å². The SMILES string of the molecule is Cc1ccoc1Cn1c(=O)[nH][nH]c1=S. The molecule has 0 amide bonds. The van der Waals surface area contributed by atoms with Crippen LogP contribution in [-0.2, 0) is 6.54 Å². The molecule has 0 fully saturated rings. The largest absolute Gasteiger partial charge is 0.467 e. The Kier molecular flexibility index (Phi) is 2.12. The fourth-order valence-corrected chi connectivity index (χ4v) is 1.39. The van der Waals surface area contributed by atoms with Crippen LogP contribution in [0.2, 0.25) is 0 Å². The summed E-state index contributed by atoms with van der Waals surface area (Å²) in [5, 5.41) is 4.97. The lowest BCUT2D eigenvalue weighted by Crippen LogP contribution is -2.17. The average Bonchev–Trinajstić information content (AvgIpc) is 2.67. The van der Waals surface area contributed by atoms with Gasteiger partial charge in [0, 0.05) is 0 Å². The standard InChI is InChI=1S/C8H9N3O2S/c1-5-2-3-13-6(5)4-11-7(12)9-10-8(11)14/h2-3H,4H2,1H3,(H,9,12)(H,10,14). The van der Waals surface area contributed by atoms with Crippen LogP contribution >= 0.6 is 12.2 Å². The second-order valence-electron chi connectivity index (χ2n) is 2.97. The molecule has 0 atom stereocenters. The molecule has 0 spiro atoms. The summed E-state index contributed by atoms with van der Waals surface area (Å²) in [6.07, 6.45) is 1.59. The van der Waals surface area contributed by atoms with E-state index in [0.717, 1.165) is 11.3 Å². The van der Waals surface area contributed by atoms with Gasteiger partial charge in [-0.2, -0.15) is 0 Å². The van der Waals surface area contributed by atoms with Gasteiger partial charge in [0.1, 0.15) is 5.76 Å². The number of aromatic amines is 2. The summed E-state index contributed by atoms with van der Waals surface area (Å²) in [4.78, 5) is 11.2. The highest BCUT2D eigenvalue weighted by Crippen LogP contribution is 2.09. The molecule has 0 aliphatic carbocycles. The van der Waals surface area contributed by atoms with E-state index >= 15 is 0 Å². The highest BCUT2D eigenvalue weighted by Gasteiger charge is 2.06. The first kappa shape index (κ1) is 9.01. The van der Waals surface area contributed by atoms with Gasteiger partial charge in [-0.15, -0.1) is 0 Å². The van der Waals surface area contributed by atoms with E-state index < -0.39 is 0 Å². The number of hydrogen-bond acceptors (Lipinski definition) is 3. The lowest BCUT2D eigenvalue weighted by Gasteiger charge is -1.97. The zero-order valence-corrected chi connectivity index (χ0v) is 8.35. The molecule has 2 aromatic rings. The highest BCUT2D eigenvalue weighted by atomic mass is 32.1. The van der Waals surface area contributed by atoms with E-state index in [4.69, 9.17) is 16.6 Å². The quantitative estimate of drug-likeness (QED) is 0.733. The lowest BCUT2D eigenvalue weighted by atomic mass is 10.3. The molecule has 14 heavy (non-hydrogen) atoms. The molecule has 0 unspecified atom stereocenters. The molecule has 0 bridgehead atoms. The highest BCUT2D eigenvalue weighted by molar-refractivity contribution is 7.71. The smallest absolute Gasteiger partial charge is 0.342 e. The zero-order chi connectivity index (χ0) is 10.1. The molecule has 2 aromatic heterocycles. The Labute approximate surface area is 84.4 Å². The number of furan rings is 1. The summed E-state index contributed by atoms with van der Waals surface area (Å²) in [6, 6.07) is 1.85. The van der Waals surface area contributed by atoms with Gasteiger partial charge in [-0.3, -0.25) is 9.67 Å². The first-order valence-electron chi connectivity index (χ1n) is 4.09. The lowest BCUT2D eigenvalue weighted by molar-refractivity contribution is 0.486. The van der Waals surface area contributed by atoms with Gasteiger partial charge in [0.05, 0.1) is 12.8 Å². The van der Waals surface area contributed by atoms with Crippen molar-refractivity contribution < 1.29 is 4.42 Å². The molecule has 2 heterocycles. The van der Waals surface area contributed by atoms with Gasteiger partial charge in [0.15, 0.2) is 4.77 Å². The van der Waals surface area contributed by atoms with E-state index in [1.54, 1.807) is 6.26 Å². The molecule has 2 rings (SSSR count). The van der Waals surface area contributed by atoms with Crippen molar-refractivity contribution in [1.29, 1.82) is 0 Å². The van der Waals surface area contributed by atoms with E-state index in [0.29, 0.717) is 11.3 Å². The third-order valence-corrected chi connectivity index (χ3v) is 2.36. The number of rotatable bonds is 2. The number of aryl methyl sites for hydroxylation is 1. The first-order valence-corrected chi connectivity index (χ1v) is 4.50. The van der Waals surface area contributed by atoms with Gasteiger partial charge in [-0.25, -0.2) is 9.89 Å². The van der Waals surface area contributed by atoms with Crippen molar-refractivity contribution in [2.75, 3.05) is 0 Å². The van der Waals surface area contributed by atoms with Crippen LogP contribution in [0.3, 0.4) is 0 Å². The Bertz CT molecular complexity index is 518. The van der Waals surface area contributed by atoms with Crippen molar-refractivity contribution in [2.24, 2.45) is 0 Å². The molecule has 0 saturated heterocycles. The van der Waals surface area contributed by atoms with Gasteiger partial charge in [0.25, 0.3) is 0 Å². The van der Waals surface area contributed by atoms with Crippen LogP contribution in [0.4, 0.5) is 0 Å². The molecule has 6 heteroatoms. The van der Waals surface area contributed by atoms with Crippen molar-refractivity contribution >= 4 is 12.2 Å². The summed E-state index contributed by atoms with van der Waals surface area (Å²) < 4.78 is 6.98. The molecule has 2 N–H and O–H groups in total. The zero-order valence-electron chi connectivity index (χ0n) is 7.53. The van der Waals surface area contributed by atoms with Crippen LogP contribution in [0.5, 0.6) is 0 Å². The summed E-state index contributed by atoms with van der Waals surface area (Å²) in [5.74, 6) is 0.742. The van der Waals surface area contributed by atoms with Crippen molar-refractivity contribution in [2.45, 2.75) is 13.5 Å². The monoisotopic (exact) mass is 211 g/mol. The minimum absolute atomic E-state index is 0.259. The number of H-pyrrole nitrogens is 2. The fraction of sp³-hybridized carbons (Fsp3) is 0.250. The average molecular weight is 211 g/mol. The van der Waals surface area contributed by atoms with Crippen LogP contribution in [0.25, 0.3) is 0 Å². The summed E-state index contributed by atoms with van der Waals surface area (Å²) in [5.41, 5.74) is 0.748. The molecule has 0 radical (unpaired) electrons. The molecular weight excluding hydrogens is 202 g/mol. The summed E-state index contributed by atoms with van der Waals surface area (Å²) >= 11 is 4.92. The summed E-state index contributed by atoms with van der Waals surface area (Å²) in [6.45, 7) is 2.28. The van der Waals surface area contributed by atoms with Crippen LogP contribution < -0.4 is 5.69 Å². The predicted molar refractivity (Wildman–Crippen MR) is 52.8 cm³/mol. The Morgan fingerprint density at radius 3 is 2.86 bits per heavy atom. The number of hydrogen-bond donors (Lipinski definition) is 2. The van der Waals surface area contributed by atoms with Gasteiger partial charge >= 0.3 is 5.69 Å². The maximum Gasteiger partial charge on any atom is 0.342 e. The molecular formula is C8H9N3O2S. The second kappa shape index (κ2) is 3.30. The molecule has 74 valence electrons. The van der Waals surface area contributed by atoms with Crippen LogP contribution in [-0.4, -0.2) is 14.8 Å². The van der Waals surface area contributed by atoms with Crippen LogP contribution in [0.1, 0.15) is 11.3 Å². The molecule has 0 aliphatic heterocycles. The molecule has 0 saturated carbocycles. The van der Waals surface area contributed by atoms with E-state index in [2.05, 4.69) is 10.2 Å². The maximum absolute atomic E-state index is 11.2. The van der Waals surface area contributed by atoms with Crippen molar-refractivity contribution in [3.63, 3.8) is 0 Å². The van der Waals surface area contributed by atoms with E-state index in [1.165, 1.54) is 4.57 Å². The topological polar surface area (TPSA) is 66.7 Å². The minimum atomic E-state index is -0.259. The second-order valence-corrected chi connectivity index (χ2v) is 3.36. The van der Waals surface area contributed by atoms with Crippen molar-refractivity contribution in [3.8, 4) is 0 Å². The third kappa shape index (κ3) is 1.44. The molecule has 5 nitrogen and oxygen atoms in total. The molecule has 0 aliphatic rings. The van der Waals surface area contributed by atoms with Crippen molar-refractivity contribution in [1.82, 2.24) is 14.8 Å².